The lowest BCUT2D eigenvalue weighted by atomic mass is 10.0. The molecule has 2 atom stereocenters. The van der Waals surface area contributed by atoms with Crippen molar-refractivity contribution in [3.63, 3.8) is 0 Å². The molecule has 63 heavy (non-hydrogen) atoms. The number of nitrogens with one attached hydrogen (secondary N) is 7. The Kier molecular flexibility index (Phi) is 25.2. The van der Waals surface area contributed by atoms with Crippen molar-refractivity contribution in [2.45, 2.75) is 90.8 Å². The second-order valence-electron chi connectivity index (χ2n) is 13.9. The zero-order chi connectivity index (χ0) is 46.6. The Morgan fingerprint density at radius 3 is 2.11 bits per heavy atom. The molecule has 0 bridgehead atoms. The van der Waals surface area contributed by atoms with Crippen LogP contribution in [-0.2, 0) is 64.0 Å². The van der Waals surface area contributed by atoms with E-state index in [9.17, 15) is 47.9 Å². The van der Waals surface area contributed by atoms with Gasteiger partial charge in [0.1, 0.15) is 25.3 Å². The standard InChI is InChI=1S/C38H57N9O15S/c1-24(2)33(35(54)44-28(7-5-16-41-36(39)55)34(53)43-27-12-10-26(11-13-27)23-61-25(3)48)45-37(56)60-22-21-58-20-18-42-63-46-38(57)59-19-6-17-40-29(49)8-4-9-32(52)62-47-30(50)14-15-31(47)51/h10-13,24,28,33,42H,4-9,14-23H2,1-3H3,(H,40,49)(H,43,53)(H,44,54)(H,45,56)(H,46,57)(H3,39,41,55)/t28-,33-/m1/s1. The van der Waals surface area contributed by atoms with Crippen LogP contribution in [0.15, 0.2) is 24.3 Å². The molecule has 1 saturated heterocycles. The molecule has 1 aliphatic heterocycles. The van der Waals surface area contributed by atoms with Crippen LogP contribution in [-0.4, -0.2) is 123 Å². The molecule has 9 amide bonds. The van der Waals surface area contributed by atoms with Gasteiger partial charge < -0.3 is 56.1 Å². The van der Waals surface area contributed by atoms with E-state index in [-0.39, 0.29) is 97.0 Å². The molecule has 1 fully saturated rings. The number of nitrogens with two attached hydrogens (primary N) is 1. The molecule has 0 aliphatic carbocycles. The van der Waals surface area contributed by atoms with Crippen LogP contribution in [0.25, 0.3) is 0 Å². The predicted molar refractivity (Wildman–Crippen MR) is 222 cm³/mol. The zero-order valence-electron chi connectivity index (χ0n) is 35.4. The van der Waals surface area contributed by atoms with Gasteiger partial charge in [0.25, 0.3) is 11.8 Å². The summed E-state index contributed by atoms with van der Waals surface area (Å²) in [5, 5.41) is 13.4. The summed E-state index contributed by atoms with van der Waals surface area (Å²) in [5.41, 5.74) is 6.24. The Bertz CT molecular complexity index is 1700. The van der Waals surface area contributed by atoms with Gasteiger partial charge in [0, 0.05) is 70.1 Å². The van der Waals surface area contributed by atoms with Gasteiger partial charge in [0.2, 0.25) is 17.7 Å². The van der Waals surface area contributed by atoms with Crippen molar-refractivity contribution in [2.24, 2.45) is 11.7 Å². The SMILES string of the molecule is CC(=O)OCc1ccc(NC(=O)[C@@H](CCCNC(N)=O)NC(=O)[C@H](NC(=O)OCCOCCNSNC(=O)OCCCNC(=O)CCCC(=O)ON2C(=O)CCC2=O)C(C)C)cc1. The second kappa shape index (κ2) is 29.9. The number of alkyl carbamates (subject to hydrolysis) is 1. The Morgan fingerprint density at radius 1 is 0.762 bits per heavy atom. The summed E-state index contributed by atoms with van der Waals surface area (Å²) >= 11 is 0.852. The number of carbonyl (C=O) groups excluding carboxylic acids is 10. The number of anilines is 1. The molecule has 0 aromatic heterocycles. The number of hydrogen-bond donors (Lipinski definition) is 8. The molecule has 2 rings (SSSR count). The second-order valence-corrected chi connectivity index (χ2v) is 14.6. The van der Waals surface area contributed by atoms with Gasteiger partial charge in [-0.1, -0.05) is 26.0 Å². The van der Waals surface area contributed by atoms with Crippen molar-refractivity contribution < 1.29 is 71.7 Å². The molecule has 1 aromatic carbocycles. The highest BCUT2D eigenvalue weighted by atomic mass is 32.2. The quantitative estimate of drug-likeness (QED) is 0.0179. The number of nitrogens with zero attached hydrogens (tertiary/aromatic N) is 1. The molecular weight excluding hydrogens is 855 g/mol. The normalized spacial score (nSPS) is 13.0. The third kappa shape index (κ3) is 23.6. The van der Waals surface area contributed by atoms with E-state index >= 15 is 0 Å². The van der Waals surface area contributed by atoms with E-state index in [4.69, 9.17) is 29.5 Å². The fourth-order valence-electron chi connectivity index (χ4n) is 5.17. The van der Waals surface area contributed by atoms with Gasteiger partial charge in [0.05, 0.1) is 19.8 Å². The van der Waals surface area contributed by atoms with Crippen molar-refractivity contribution in [3.8, 4) is 0 Å². The van der Waals surface area contributed by atoms with Gasteiger partial charge in [-0.2, -0.15) is 0 Å². The number of carbonyl (C=O) groups is 10. The van der Waals surface area contributed by atoms with Crippen LogP contribution in [0.4, 0.5) is 20.1 Å². The number of hydrogen-bond acceptors (Lipinski definition) is 17. The smallest absolute Gasteiger partial charge is 0.418 e. The first kappa shape index (κ1) is 52.9. The van der Waals surface area contributed by atoms with Crippen LogP contribution in [0.3, 0.4) is 0 Å². The van der Waals surface area contributed by atoms with E-state index in [2.05, 4.69) is 36.0 Å². The Morgan fingerprint density at radius 2 is 1.44 bits per heavy atom. The maximum Gasteiger partial charge on any atom is 0.418 e. The third-order valence-electron chi connectivity index (χ3n) is 8.36. The van der Waals surface area contributed by atoms with Crippen molar-refractivity contribution in [3.05, 3.63) is 29.8 Å². The molecule has 24 nitrogen and oxygen atoms in total. The maximum absolute atomic E-state index is 13.3. The van der Waals surface area contributed by atoms with Crippen molar-refractivity contribution in [1.29, 1.82) is 0 Å². The summed E-state index contributed by atoms with van der Waals surface area (Å²) < 4.78 is 25.8. The predicted octanol–water partition coefficient (Wildman–Crippen LogP) is 0.552. The largest absolute Gasteiger partial charge is 0.461 e. The lowest BCUT2D eigenvalue weighted by Crippen LogP contribution is -2.54. The number of hydroxylamine groups is 2. The average Bonchev–Trinajstić information content (AvgIpc) is 3.54. The molecule has 0 unspecified atom stereocenters. The highest BCUT2D eigenvalue weighted by Crippen LogP contribution is 2.14. The first-order valence-corrected chi connectivity index (χ1v) is 20.9. The highest BCUT2D eigenvalue weighted by Gasteiger charge is 2.33. The molecule has 1 aliphatic rings. The average molecular weight is 912 g/mol. The molecular formula is C38H57N9O15S. The molecule has 0 saturated carbocycles. The number of ether oxygens (including phenoxy) is 4. The molecule has 0 radical (unpaired) electrons. The summed E-state index contributed by atoms with van der Waals surface area (Å²) in [6, 6.07) is 3.67. The maximum atomic E-state index is 13.3. The number of esters is 1. The van der Waals surface area contributed by atoms with Crippen LogP contribution < -0.4 is 41.8 Å². The molecule has 9 N–H and O–H groups in total. The van der Waals surface area contributed by atoms with Gasteiger partial charge in [-0.3, -0.25) is 33.5 Å². The fraction of sp³-hybridized carbons (Fsp3) is 0.579. The third-order valence-corrected chi connectivity index (χ3v) is 8.98. The Labute approximate surface area is 368 Å². The minimum absolute atomic E-state index is 0.00998. The highest BCUT2D eigenvalue weighted by molar-refractivity contribution is 7.96. The summed E-state index contributed by atoms with van der Waals surface area (Å²) in [5.74, 6) is -4.32. The number of primary amides is 1. The number of imide groups is 1. The molecule has 1 heterocycles. The fourth-order valence-corrected chi connectivity index (χ4v) is 5.57. The minimum Gasteiger partial charge on any atom is -0.461 e. The monoisotopic (exact) mass is 911 g/mol. The van der Waals surface area contributed by atoms with Gasteiger partial charge in [-0.05, 0) is 49.3 Å². The van der Waals surface area contributed by atoms with Gasteiger partial charge in [0.15, 0.2) is 0 Å². The Hall–Kier alpha value is -6.21. The van der Waals surface area contributed by atoms with Gasteiger partial charge in [-0.25, -0.2) is 23.9 Å². The molecule has 350 valence electrons. The topological polar surface area (TPSA) is 330 Å². The minimum atomic E-state index is -1.08. The number of amides is 9. The van der Waals surface area contributed by atoms with E-state index in [0.29, 0.717) is 29.3 Å². The Balaban J connectivity index is 1.59. The van der Waals surface area contributed by atoms with Crippen LogP contribution in [0, 0.1) is 5.92 Å². The summed E-state index contributed by atoms with van der Waals surface area (Å²) in [6.45, 7) is 5.49. The van der Waals surface area contributed by atoms with Crippen LogP contribution >= 0.6 is 12.1 Å². The molecule has 25 heteroatoms. The number of rotatable bonds is 29. The van der Waals surface area contributed by atoms with Crippen molar-refractivity contribution >= 4 is 77.5 Å². The van der Waals surface area contributed by atoms with E-state index in [0.717, 1.165) is 12.1 Å². The van der Waals surface area contributed by atoms with Crippen molar-refractivity contribution in [2.75, 3.05) is 51.4 Å². The van der Waals surface area contributed by atoms with Crippen LogP contribution in [0.2, 0.25) is 0 Å². The van der Waals surface area contributed by atoms with E-state index in [1.54, 1.807) is 38.1 Å². The van der Waals surface area contributed by atoms with E-state index < -0.39 is 71.8 Å². The molecule has 0 spiro atoms. The first-order valence-electron chi connectivity index (χ1n) is 20.1. The number of urea groups is 1. The van der Waals surface area contributed by atoms with Gasteiger partial charge >= 0.3 is 30.2 Å². The van der Waals surface area contributed by atoms with Crippen LogP contribution in [0.1, 0.15) is 77.7 Å². The van der Waals surface area contributed by atoms with E-state index in [1.165, 1.54) is 6.92 Å². The summed E-state index contributed by atoms with van der Waals surface area (Å²) in [7, 11) is 0. The first-order chi connectivity index (χ1) is 30.0. The van der Waals surface area contributed by atoms with Crippen molar-refractivity contribution in [1.82, 2.24) is 35.8 Å². The summed E-state index contributed by atoms with van der Waals surface area (Å²) in [4.78, 5) is 125. The van der Waals surface area contributed by atoms with Crippen LogP contribution in [0.5, 0.6) is 0 Å². The lowest BCUT2D eigenvalue weighted by molar-refractivity contribution is -0.197. The molecule has 1 aromatic rings. The van der Waals surface area contributed by atoms with E-state index in [1.807, 2.05) is 0 Å². The van der Waals surface area contributed by atoms with Gasteiger partial charge in [-0.15, -0.1) is 5.06 Å². The number of benzene rings is 1. The zero-order valence-corrected chi connectivity index (χ0v) is 36.2. The lowest BCUT2D eigenvalue weighted by Gasteiger charge is -2.25. The summed E-state index contributed by atoms with van der Waals surface area (Å²) in [6.07, 6.45) is -0.882.